The molecule has 0 spiro atoms. The van der Waals surface area contributed by atoms with E-state index in [1.807, 2.05) is 12.1 Å². The van der Waals surface area contributed by atoms with Crippen LogP contribution < -0.4 is 4.74 Å². The first-order chi connectivity index (χ1) is 14.1. The molecule has 1 aromatic carbocycles. The zero-order valence-corrected chi connectivity index (χ0v) is 17.9. The molecular weight excluding hydrogens is 368 g/mol. The molecule has 158 valence electrons. The molecule has 0 aliphatic carbocycles. The van der Waals surface area contributed by atoms with E-state index in [1.54, 1.807) is 14.2 Å². The average molecular weight is 401 g/mol. The summed E-state index contributed by atoms with van der Waals surface area (Å²) in [6.45, 7) is 4.68. The molecule has 0 amide bonds. The highest BCUT2D eigenvalue weighted by atomic mass is 16.5. The maximum Gasteiger partial charge on any atom is 0.311 e. The minimum Gasteiger partial charge on any atom is -0.496 e. The Morgan fingerprint density at radius 3 is 2.83 bits per heavy atom. The van der Waals surface area contributed by atoms with Gasteiger partial charge in [-0.1, -0.05) is 19.4 Å². The zero-order chi connectivity index (χ0) is 20.5. The number of nitrogens with zero attached hydrogens (tertiary/aromatic N) is 1. The summed E-state index contributed by atoms with van der Waals surface area (Å²) in [5.74, 6) is 1.26. The minimum absolute atomic E-state index is 0.155. The number of fused-ring (bicyclic) bond motifs is 5. The molecule has 0 radical (unpaired) electrons. The largest absolute Gasteiger partial charge is 0.496 e. The normalized spacial score (nSPS) is 25.3. The molecule has 4 atom stereocenters. The molecule has 0 bridgehead atoms. The Hall–Kier alpha value is -2.05. The average Bonchev–Trinajstić information content (AvgIpc) is 3.15. The summed E-state index contributed by atoms with van der Waals surface area (Å²) in [6, 6.07) is 6.47. The van der Waals surface area contributed by atoms with Gasteiger partial charge in [-0.05, 0) is 42.4 Å². The Labute approximate surface area is 172 Å². The first-order valence-corrected chi connectivity index (χ1v) is 10.6. The van der Waals surface area contributed by atoms with Crippen LogP contribution in [0.15, 0.2) is 18.2 Å². The number of methoxy groups -OCH3 is 3. The van der Waals surface area contributed by atoms with Crippen LogP contribution in [0.4, 0.5) is 0 Å². The number of hydrogen-bond acceptors (Lipinski definition) is 5. The van der Waals surface area contributed by atoms with E-state index in [9.17, 15) is 4.79 Å². The summed E-state index contributed by atoms with van der Waals surface area (Å²) in [5.41, 5.74) is 3.79. The number of benzene rings is 1. The van der Waals surface area contributed by atoms with Gasteiger partial charge >= 0.3 is 5.97 Å². The van der Waals surface area contributed by atoms with Crippen molar-refractivity contribution in [1.82, 2.24) is 9.88 Å². The second-order valence-electron chi connectivity index (χ2n) is 8.31. The molecule has 2 aromatic rings. The first kappa shape index (κ1) is 20.2. The number of piperidine rings is 1. The van der Waals surface area contributed by atoms with Gasteiger partial charge < -0.3 is 19.2 Å². The van der Waals surface area contributed by atoms with Crippen LogP contribution in [0.2, 0.25) is 0 Å². The molecule has 1 aromatic heterocycles. The van der Waals surface area contributed by atoms with E-state index in [2.05, 4.69) is 22.9 Å². The van der Waals surface area contributed by atoms with E-state index in [0.717, 1.165) is 43.6 Å². The number of aromatic amines is 1. The van der Waals surface area contributed by atoms with Crippen molar-refractivity contribution < 1.29 is 19.0 Å². The molecule has 6 heteroatoms. The fourth-order valence-electron chi connectivity index (χ4n) is 5.60. The van der Waals surface area contributed by atoms with Gasteiger partial charge in [0.05, 0.1) is 32.8 Å². The SMILES string of the molecule is CC[C@H]1CN2CCc3c([nH]c4cccc(OC)c34)[C@@H]2C[C@@H]1C(COC)C(=O)OC. The molecule has 4 rings (SSSR count). The summed E-state index contributed by atoms with van der Waals surface area (Å²) in [6.07, 6.45) is 3.01. The number of nitrogens with one attached hydrogen (secondary N) is 1. The maximum atomic E-state index is 12.6. The second-order valence-corrected chi connectivity index (χ2v) is 8.31. The standard InChI is InChI=1S/C23H32N2O4/c1-5-14-12-25-10-9-15-21-18(7-6-8-20(21)28-3)24-22(15)19(25)11-16(14)17(13-27-2)23(26)29-4/h6-8,14,16-17,19,24H,5,9-13H2,1-4H3/t14-,16-,17?,19-/m0/s1. The minimum atomic E-state index is -0.221. The van der Waals surface area contributed by atoms with E-state index in [-0.39, 0.29) is 23.8 Å². The van der Waals surface area contributed by atoms with Crippen LogP contribution in [-0.2, 0) is 20.7 Å². The van der Waals surface area contributed by atoms with Crippen LogP contribution in [0.25, 0.3) is 10.9 Å². The number of carbonyl (C=O) groups is 1. The summed E-state index contributed by atoms with van der Waals surface area (Å²) >= 11 is 0. The molecule has 3 heterocycles. The number of hydrogen-bond donors (Lipinski definition) is 1. The lowest BCUT2D eigenvalue weighted by atomic mass is 9.71. The molecule has 0 saturated carbocycles. The van der Waals surface area contributed by atoms with Gasteiger partial charge in [0.1, 0.15) is 5.75 Å². The van der Waals surface area contributed by atoms with E-state index in [4.69, 9.17) is 14.2 Å². The lowest BCUT2D eigenvalue weighted by Gasteiger charge is -2.47. The molecule has 29 heavy (non-hydrogen) atoms. The smallest absolute Gasteiger partial charge is 0.311 e. The maximum absolute atomic E-state index is 12.6. The molecule has 1 unspecified atom stereocenters. The molecule has 1 saturated heterocycles. The highest BCUT2D eigenvalue weighted by Gasteiger charge is 2.44. The van der Waals surface area contributed by atoms with E-state index < -0.39 is 0 Å². The van der Waals surface area contributed by atoms with Crippen LogP contribution in [0.1, 0.15) is 37.1 Å². The van der Waals surface area contributed by atoms with Crippen LogP contribution in [0, 0.1) is 17.8 Å². The molecule has 6 nitrogen and oxygen atoms in total. The van der Waals surface area contributed by atoms with Gasteiger partial charge in [-0.2, -0.15) is 0 Å². The van der Waals surface area contributed by atoms with Crippen LogP contribution >= 0.6 is 0 Å². The second kappa shape index (κ2) is 8.36. The van der Waals surface area contributed by atoms with Crippen molar-refractivity contribution in [3.8, 4) is 5.75 Å². The van der Waals surface area contributed by atoms with Crippen molar-refractivity contribution in [1.29, 1.82) is 0 Å². The Bertz CT molecular complexity index is 877. The van der Waals surface area contributed by atoms with Crippen molar-refractivity contribution in [2.24, 2.45) is 17.8 Å². The van der Waals surface area contributed by atoms with Crippen molar-refractivity contribution in [2.75, 3.05) is 41.0 Å². The Kier molecular flexibility index (Phi) is 5.83. The predicted octanol–water partition coefficient (Wildman–Crippen LogP) is 3.56. The third-order valence-corrected chi connectivity index (χ3v) is 7.03. The van der Waals surface area contributed by atoms with Gasteiger partial charge in [0.15, 0.2) is 0 Å². The third-order valence-electron chi connectivity index (χ3n) is 7.03. The Morgan fingerprint density at radius 1 is 1.31 bits per heavy atom. The highest BCUT2D eigenvalue weighted by molar-refractivity contribution is 5.91. The lowest BCUT2D eigenvalue weighted by Crippen LogP contribution is -2.49. The predicted molar refractivity (Wildman–Crippen MR) is 112 cm³/mol. The van der Waals surface area contributed by atoms with Crippen molar-refractivity contribution >= 4 is 16.9 Å². The van der Waals surface area contributed by atoms with E-state index in [0.29, 0.717) is 12.5 Å². The van der Waals surface area contributed by atoms with Gasteiger partial charge in [-0.3, -0.25) is 9.69 Å². The summed E-state index contributed by atoms with van der Waals surface area (Å²) in [4.78, 5) is 18.8. The van der Waals surface area contributed by atoms with Crippen LogP contribution in [0.3, 0.4) is 0 Å². The van der Waals surface area contributed by atoms with Gasteiger partial charge in [0, 0.05) is 36.8 Å². The van der Waals surface area contributed by atoms with E-state index in [1.165, 1.54) is 23.8 Å². The summed E-state index contributed by atoms with van der Waals surface area (Å²) in [7, 11) is 4.87. The molecule has 1 N–H and O–H groups in total. The quantitative estimate of drug-likeness (QED) is 0.751. The molecule has 2 aliphatic heterocycles. The number of esters is 1. The fourth-order valence-corrected chi connectivity index (χ4v) is 5.60. The van der Waals surface area contributed by atoms with Crippen LogP contribution in [0.5, 0.6) is 5.75 Å². The van der Waals surface area contributed by atoms with Crippen LogP contribution in [-0.4, -0.2) is 56.9 Å². The van der Waals surface area contributed by atoms with Gasteiger partial charge in [0.25, 0.3) is 0 Å². The molecular formula is C23H32N2O4. The van der Waals surface area contributed by atoms with Crippen molar-refractivity contribution in [3.63, 3.8) is 0 Å². The number of rotatable bonds is 6. The number of ether oxygens (including phenoxy) is 3. The first-order valence-electron chi connectivity index (χ1n) is 10.6. The lowest BCUT2D eigenvalue weighted by molar-refractivity contribution is -0.152. The van der Waals surface area contributed by atoms with Gasteiger partial charge in [0.2, 0.25) is 0 Å². The van der Waals surface area contributed by atoms with E-state index >= 15 is 0 Å². The molecule has 2 aliphatic rings. The number of aromatic nitrogens is 1. The summed E-state index contributed by atoms with van der Waals surface area (Å²) in [5, 5.41) is 1.21. The van der Waals surface area contributed by atoms with Crippen molar-refractivity contribution in [2.45, 2.75) is 32.2 Å². The Balaban J connectivity index is 1.72. The number of H-pyrrole nitrogens is 1. The fraction of sp³-hybridized carbons (Fsp3) is 0.609. The number of carbonyl (C=O) groups excluding carboxylic acids is 1. The Morgan fingerprint density at radius 2 is 2.14 bits per heavy atom. The summed E-state index contributed by atoms with van der Waals surface area (Å²) < 4.78 is 16.2. The third kappa shape index (κ3) is 3.42. The monoisotopic (exact) mass is 400 g/mol. The zero-order valence-electron chi connectivity index (χ0n) is 17.9. The highest BCUT2D eigenvalue weighted by Crippen LogP contribution is 2.47. The molecule has 1 fully saturated rings. The van der Waals surface area contributed by atoms with Gasteiger partial charge in [-0.25, -0.2) is 0 Å². The topological polar surface area (TPSA) is 63.8 Å². The van der Waals surface area contributed by atoms with Crippen molar-refractivity contribution in [3.05, 3.63) is 29.5 Å². The van der Waals surface area contributed by atoms with Gasteiger partial charge in [-0.15, -0.1) is 0 Å².